The van der Waals surface area contributed by atoms with E-state index >= 15 is 0 Å². The van der Waals surface area contributed by atoms with Crippen molar-refractivity contribution in [3.05, 3.63) is 16.5 Å². The number of anilines is 1. The monoisotopic (exact) mass is 287 g/mol. The topological polar surface area (TPSA) is 58.0 Å². The number of hydrogen-bond donors (Lipinski definition) is 2. The molecule has 0 aliphatic carbocycles. The molecular formula is C11H18BrN3O. The van der Waals surface area contributed by atoms with E-state index in [-0.39, 0.29) is 12.0 Å². The lowest BCUT2D eigenvalue weighted by Gasteiger charge is -2.12. The summed E-state index contributed by atoms with van der Waals surface area (Å²) >= 11 is 3.35. The minimum atomic E-state index is -0.337. The van der Waals surface area contributed by atoms with E-state index < -0.39 is 0 Å². The molecule has 0 radical (unpaired) electrons. The zero-order valence-corrected chi connectivity index (χ0v) is 11.5. The Balaban J connectivity index is 2.72. The Morgan fingerprint density at radius 3 is 2.69 bits per heavy atom. The Morgan fingerprint density at radius 2 is 2.12 bits per heavy atom. The second-order valence-electron chi connectivity index (χ2n) is 4.03. The van der Waals surface area contributed by atoms with Crippen LogP contribution in [0, 0.1) is 0 Å². The van der Waals surface area contributed by atoms with Gasteiger partial charge in [0.25, 0.3) is 0 Å². The van der Waals surface area contributed by atoms with Crippen LogP contribution in [0.25, 0.3) is 0 Å². The molecule has 1 rings (SSSR count). The molecular weight excluding hydrogens is 270 g/mol. The largest absolute Gasteiger partial charge is 0.391 e. The van der Waals surface area contributed by atoms with Crippen molar-refractivity contribution in [3.8, 4) is 0 Å². The molecule has 1 heterocycles. The zero-order chi connectivity index (χ0) is 12.1. The average Bonchev–Trinajstić information content (AvgIpc) is 2.25. The SMILES string of the molecule is CCC(O)CNc1cc(Br)nc(C(C)C)n1. The van der Waals surface area contributed by atoms with Gasteiger partial charge in [-0.2, -0.15) is 0 Å². The van der Waals surface area contributed by atoms with Crippen molar-refractivity contribution >= 4 is 21.7 Å². The highest BCUT2D eigenvalue weighted by molar-refractivity contribution is 9.10. The maximum absolute atomic E-state index is 9.45. The molecule has 0 saturated carbocycles. The maximum atomic E-state index is 9.45. The molecule has 1 atom stereocenters. The molecule has 4 nitrogen and oxygen atoms in total. The summed E-state index contributed by atoms with van der Waals surface area (Å²) in [6.45, 7) is 6.55. The van der Waals surface area contributed by atoms with Gasteiger partial charge in [-0.25, -0.2) is 9.97 Å². The molecule has 0 aromatic carbocycles. The van der Waals surface area contributed by atoms with Gasteiger partial charge in [0.15, 0.2) is 0 Å². The number of aliphatic hydroxyl groups excluding tert-OH is 1. The van der Waals surface area contributed by atoms with Crippen LogP contribution in [0.2, 0.25) is 0 Å². The maximum Gasteiger partial charge on any atom is 0.134 e. The molecule has 16 heavy (non-hydrogen) atoms. The van der Waals surface area contributed by atoms with Gasteiger partial charge < -0.3 is 10.4 Å². The summed E-state index contributed by atoms with van der Waals surface area (Å²) in [5.74, 6) is 1.83. The highest BCUT2D eigenvalue weighted by Crippen LogP contribution is 2.17. The highest BCUT2D eigenvalue weighted by atomic mass is 79.9. The molecule has 0 saturated heterocycles. The summed E-state index contributed by atoms with van der Waals surface area (Å²) < 4.78 is 0.764. The molecule has 0 fully saturated rings. The van der Waals surface area contributed by atoms with E-state index in [9.17, 15) is 5.11 Å². The van der Waals surface area contributed by atoms with Gasteiger partial charge in [-0.1, -0.05) is 20.8 Å². The lowest BCUT2D eigenvalue weighted by atomic mass is 10.2. The second-order valence-corrected chi connectivity index (χ2v) is 4.84. The molecule has 1 aromatic heterocycles. The number of nitrogens with one attached hydrogen (secondary N) is 1. The molecule has 5 heteroatoms. The standard InChI is InChI=1S/C11H18BrN3O/c1-4-8(16)6-13-10-5-9(12)14-11(15-10)7(2)3/h5,7-8,16H,4,6H2,1-3H3,(H,13,14,15). The molecule has 2 N–H and O–H groups in total. The summed E-state index contributed by atoms with van der Waals surface area (Å²) in [7, 11) is 0. The van der Waals surface area contributed by atoms with Crippen LogP contribution in [0.15, 0.2) is 10.7 Å². The van der Waals surface area contributed by atoms with Crippen molar-refractivity contribution < 1.29 is 5.11 Å². The highest BCUT2D eigenvalue weighted by Gasteiger charge is 2.07. The van der Waals surface area contributed by atoms with Crippen molar-refractivity contribution in [2.45, 2.75) is 39.2 Å². The van der Waals surface area contributed by atoms with Crippen LogP contribution in [-0.4, -0.2) is 27.7 Å². The van der Waals surface area contributed by atoms with Gasteiger partial charge in [-0.05, 0) is 22.4 Å². The van der Waals surface area contributed by atoms with Crippen LogP contribution in [0.3, 0.4) is 0 Å². The third kappa shape index (κ3) is 4.06. The lowest BCUT2D eigenvalue weighted by molar-refractivity contribution is 0.183. The van der Waals surface area contributed by atoms with Gasteiger partial charge >= 0.3 is 0 Å². The molecule has 0 bridgehead atoms. The first-order valence-electron chi connectivity index (χ1n) is 5.49. The van der Waals surface area contributed by atoms with E-state index in [1.165, 1.54) is 0 Å². The van der Waals surface area contributed by atoms with E-state index in [2.05, 4.69) is 31.2 Å². The number of rotatable bonds is 5. The van der Waals surface area contributed by atoms with E-state index in [0.29, 0.717) is 6.54 Å². The summed E-state index contributed by atoms with van der Waals surface area (Å²) in [5.41, 5.74) is 0. The number of nitrogens with zero attached hydrogens (tertiary/aromatic N) is 2. The fourth-order valence-corrected chi connectivity index (χ4v) is 1.55. The third-order valence-corrected chi connectivity index (χ3v) is 2.62. The van der Waals surface area contributed by atoms with Gasteiger partial charge in [0, 0.05) is 18.5 Å². The first-order valence-corrected chi connectivity index (χ1v) is 6.28. The minimum absolute atomic E-state index is 0.286. The Hall–Kier alpha value is -0.680. The first-order chi connectivity index (χ1) is 7.52. The van der Waals surface area contributed by atoms with Crippen molar-refractivity contribution in [1.82, 2.24) is 9.97 Å². The fourth-order valence-electron chi connectivity index (χ4n) is 1.15. The van der Waals surface area contributed by atoms with E-state index in [4.69, 9.17) is 0 Å². The van der Waals surface area contributed by atoms with Crippen LogP contribution in [-0.2, 0) is 0 Å². The summed E-state index contributed by atoms with van der Waals surface area (Å²) in [4.78, 5) is 8.66. The molecule has 0 amide bonds. The van der Waals surface area contributed by atoms with Gasteiger partial charge in [0.1, 0.15) is 16.2 Å². The Kier molecular flexibility index (Phi) is 5.15. The predicted molar refractivity (Wildman–Crippen MR) is 68.6 cm³/mol. The van der Waals surface area contributed by atoms with Crippen molar-refractivity contribution in [2.75, 3.05) is 11.9 Å². The molecule has 0 spiro atoms. The van der Waals surface area contributed by atoms with Gasteiger partial charge in [0.2, 0.25) is 0 Å². The molecule has 90 valence electrons. The third-order valence-electron chi connectivity index (χ3n) is 2.22. The Bertz CT molecular complexity index is 344. The lowest BCUT2D eigenvalue weighted by Crippen LogP contribution is -2.19. The smallest absolute Gasteiger partial charge is 0.134 e. The first kappa shape index (κ1) is 13.4. The molecule has 1 aromatic rings. The second kappa shape index (κ2) is 6.15. The molecule has 1 unspecified atom stereocenters. The van der Waals surface area contributed by atoms with Crippen LogP contribution in [0.5, 0.6) is 0 Å². The average molecular weight is 288 g/mol. The predicted octanol–water partition coefficient (Wildman–Crippen LogP) is 2.55. The minimum Gasteiger partial charge on any atom is -0.391 e. The number of hydrogen-bond acceptors (Lipinski definition) is 4. The van der Waals surface area contributed by atoms with Crippen LogP contribution < -0.4 is 5.32 Å². The number of aliphatic hydroxyl groups is 1. The zero-order valence-electron chi connectivity index (χ0n) is 9.87. The van der Waals surface area contributed by atoms with Crippen molar-refractivity contribution in [1.29, 1.82) is 0 Å². The van der Waals surface area contributed by atoms with Gasteiger partial charge in [-0.3, -0.25) is 0 Å². The van der Waals surface area contributed by atoms with Gasteiger partial charge in [-0.15, -0.1) is 0 Å². The van der Waals surface area contributed by atoms with Crippen LogP contribution in [0.4, 0.5) is 5.82 Å². The van der Waals surface area contributed by atoms with Crippen LogP contribution in [0.1, 0.15) is 38.9 Å². The van der Waals surface area contributed by atoms with Crippen molar-refractivity contribution in [2.24, 2.45) is 0 Å². The van der Waals surface area contributed by atoms with E-state index in [1.807, 2.05) is 26.8 Å². The fraction of sp³-hybridized carbons (Fsp3) is 0.636. The normalized spacial score (nSPS) is 12.9. The Labute approximate surface area is 105 Å². The summed E-state index contributed by atoms with van der Waals surface area (Å²) in [6.07, 6.45) is 0.396. The van der Waals surface area contributed by atoms with Crippen molar-refractivity contribution in [3.63, 3.8) is 0 Å². The molecule has 0 aliphatic heterocycles. The Morgan fingerprint density at radius 1 is 1.44 bits per heavy atom. The molecule has 0 aliphatic rings. The number of halogens is 1. The summed E-state index contributed by atoms with van der Waals surface area (Å²) in [6, 6.07) is 1.81. The van der Waals surface area contributed by atoms with Crippen LogP contribution >= 0.6 is 15.9 Å². The quantitative estimate of drug-likeness (QED) is 0.817. The van der Waals surface area contributed by atoms with E-state index in [1.54, 1.807) is 0 Å². The van der Waals surface area contributed by atoms with Gasteiger partial charge in [0.05, 0.1) is 6.10 Å². The summed E-state index contributed by atoms with van der Waals surface area (Å²) in [5, 5.41) is 12.5. The number of aromatic nitrogens is 2. The van der Waals surface area contributed by atoms with E-state index in [0.717, 1.165) is 22.7 Å².